The number of aromatic nitrogens is 1. The van der Waals surface area contributed by atoms with Crippen LogP contribution in [0.3, 0.4) is 0 Å². The lowest BCUT2D eigenvalue weighted by molar-refractivity contribution is 0.0717. The first-order valence-electron chi connectivity index (χ1n) is 10.2. The number of nitrogens with zero attached hydrogens (tertiary/aromatic N) is 1. The van der Waals surface area contributed by atoms with Gasteiger partial charge in [0.1, 0.15) is 0 Å². The van der Waals surface area contributed by atoms with Gasteiger partial charge in [-0.3, -0.25) is 9.78 Å². The molecule has 0 saturated heterocycles. The molecule has 0 spiro atoms. The van der Waals surface area contributed by atoms with Gasteiger partial charge >= 0.3 is 0 Å². The molecule has 4 nitrogen and oxygen atoms in total. The molecule has 28 heavy (non-hydrogen) atoms. The second-order valence-electron chi connectivity index (χ2n) is 7.99. The Kier molecular flexibility index (Phi) is 5.45. The Morgan fingerprint density at radius 1 is 1.11 bits per heavy atom. The molecule has 1 heterocycles. The second kappa shape index (κ2) is 8.16. The third-order valence-electron chi connectivity index (χ3n) is 5.70. The number of carbonyl (C=O) groups is 1. The number of nitrogens with one attached hydrogen (secondary N) is 1. The Hall–Kier alpha value is -2.64. The molecule has 0 bridgehead atoms. The predicted molar refractivity (Wildman–Crippen MR) is 109 cm³/mol. The van der Waals surface area contributed by atoms with Crippen LogP contribution in [0.25, 0.3) is 0 Å². The smallest absolute Gasteiger partial charge is 0.251 e. The maximum Gasteiger partial charge on any atom is 0.251 e. The predicted octanol–water partition coefficient (Wildman–Crippen LogP) is 3.70. The van der Waals surface area contributed by atoms with Gasteiger partial charge in [0.25, 0.3) is 5.91 Å². The normalized spacial score (nSPS) is 21.5. The zero-order valence-electron chi connectivity index (χ0n) is 16.2. The van der Waals surface area contributed by atoms with E-state index in [1.807, 2.05) is 31.3 Å². The molecule has 1 aromatic heterocycles. The van der Waals surface area contributed by atoms with Crippen LogP contribution in [0.1, 0.15) is 77.1 Å². The topological polar surface area (TPSA) is 62.2 Å². The van der Waals surface area contributed by atoms with Crippen LogP contribution in [0, 0.1) is 18.8 Å². The Labute approximate surface area is 166 Å². The molecule has 2 aliphatic rings. The Balaban J connectivity index is 1.51. The molecular formula is C24H26N2O2. The molecule has 4 rings (SSSR count). The van der Waals surface area contributed by atoms with Crippen LogP contribution in [0.5, 0.6) is 0 Å². The SMILES string of the molecule is Cc1ccc(C(=O)N[C@H]2CCCC[C@@H]2O)cc1C#Cc1cncc(C2CC2)c1. The highest BCUT2D eigenvalue weighted by Crippen LogP contribution is 2.39. The first-order chi connectivity index (χ1) is 13.6. The van der Waals surface area contributed by atoms with Gasteiger partial charge in [0, 0.05) is 29.1 Å². The summed E-state index contributed by atoms with van der Waals surface area (Å²) in [5, 5.41) is 13.1. The largest absolute Gasteiger partial charge is 0.391 e. The molecule has 2 aromatic rings. The molecule has 2 fully saturated rings. The van der Waals surface area contributed by atoms with Gasteiger partial charge in [-0.25, -0.2) is 0 Å². The van der Waals surface area contributed by atoms with E-state index in [2.05, 4.69) is 28.2 Å². The van der Waals surface area contributed by atoms with Gasteiger partial charge < -0.3 is 10.4 Å². The highest BCUT2D eigenvalue weighted by atomic mass is 16.3. The van der Waals surface area contributed by atoms with Crippen molar-refractivity contribution in [3.8, 4) is 11.8 Å². The number of benzene rings is 1. The molecule has 0 unspecified atom stereocenters. The fourth-order valence-corrected chi connectivity index (χ4v) is 3.73. The summed E-state index contributed by atoms with van der Waals surface area (Å²) in [6.07, 6.45) is 9.39. The summed E-state index contributed by atoms with van der Waals surface area (Å²) in [4.78, 5) is 17.0. The van der Waals surface area contributed by atoms with Crippen molar-refractivity contribution in [1.82, 2.24) is 10.3 Å². The average Bonchev–Trinajstić information content (AvgIpc) is 3.55. The van der Waals surface area contributed by atoms with E-state index in [4.69, 9.17) is 0 Å². The van der Waals surface area contributed by atoms with E-state index in [0.29, 0.717) is 11.5 Å². The van der Waals surface area contributed by atoms with Gasteiger partial charge in [-0.15, -0.1) is 0 Å². The zero-order valence-corrected chi connectivity index (χ0v) is 16.2. The second-order valence-corrected chi connectivity index (χ2v) is 7.99. The van der Waals surface area contributed by atoms with Gasteiger partial charge in [0.15, 0.2) is 0 Å². The van der Waals surface area contributed by atoms with Crippen LogP contribution in [0.15, 0.2) is 36.7 Å². The van der Waals surface area contributed by atoms with Crippen LogP contribution in [-0.4, -0.2) is 28.1 Å². The third-order valence-corrected chi connectivity index (χ3v) is 5.70. The number of carbonyl (C=O) groups excluding carboxylic acids is 1. The molecular weight excluding hydrogens is 348 g/mol. The summed E-state index contributed by atoms with van der Waals surface area (Å²) >= 11 is 0. The van der Waals surface area contributed by atoms with Crippen LogP contribution < -0.4 is 5.32 Å². The molecule has 2 aliphatic carbocycles. The quantitative estimate of drug-likeness (QED) is 0.806. The Morgan fingerprint density at radius 2 is 1.93 bits per heavy atom. The summed E-state index contributed by atoms with van der Waals surface area (Å²) in [6.45, 7) is 2.00. The summed E-state index contributed by atoms with van der Waals surface area (Å²) in [5.41, 5.74) is 4.63. The van der Waals surface area contributed by atoms with Gasteiger partial charge in [-0.05, 0) is 67.9 Å². The number of aryl methyl sites for hydroxylation is 1. The fraction of sp³-hybridized carbons (Fsp3) is 0.417. The van der Waals surface area contributed by atoms with E-state index in [0.717, 1.165) is 42.4 Å². The minimum atomic E-state index is -0.450. The minimum absolute atomic E-state index is 0.147. The Bertz CT molecular complexity index is 937. The first kappa shape index (κ1) is 18.7. The number of hydrogen-bond acceptors (Lipinski definition) is 3. The van der Waals surface area contributed by atoms with Crippen LogP contribution in [0.4, 0.5) is 0 Å². The summed E-state index contributed by atoms with van der Waals surface area (Å²) in [7, 11) is 0. The van der Waals surface area contributed by atoms with Crippen LogP contribution >= 0.6 is 0 Å². The fourth-order valence-electron chi connectivity index (χ4n) is 3.73. The van der Waals surface area contributed by atoms with E-state index in [1.54, 1.807) is 6.20 Å². The minimum Gasteiger partial charge on any atom is -0.391 e. The molecule has 2 N–H and O–H groups in total. The lowest BCUT2D eigenvalue weighted by atomic mass is 9.92. The number of aliphatic hydroxyl groups excluding tert-OH is 1. The number of aliphatic hydroxyl groups is 1. The summed E-state index contributed by atoms with van der Waals surface area (Å²) in [5.74, 6) is 6.90. The van der Waals surface area contributed by atoms with Crippen molar-refractivity contribution >= 4 is 5.91 Å². The maximum atomic E-state index is 12.6. The van der Waals surface area contributed by atoms with Crippen molar-refractivity contribution in [3.05, 3.63) is 64.5 Å². The standard InChI is InChI=1S/C24H26N2O2/c1-16-6-8-20(24(28)26-22-4-2-3-5-23(22)27)13-19(16)9-7-17-12-21(15-25-14-17)18-10-11-18/h6,8,12-15,18,22-23,27H,2-5,10-11H2,1H3,(H,26,28)/t22-,23-/m0/s1. The van der Waals surface area contributed by atoms with Gasteiger partial charge in [0.05, 0.1) is 12.1 Å². The molecule has 4 heteroatoms. The number of amides is 1. The van der Waals surface area contributed by atoms with Crippen molar-refractivity contribution < 1.29 is 9.90 Å². The summed E-state index contributed by atoms with van der Waals surface area (Å²) in [6, 6.07) is 7.54. The highest BCUT2D eigenvalue weighted by molar-refractivity contribution is 5.95. The monoisotopic (exact) mass is 374 g/mol. The van der Waals surface area contributed by atoms with E-state index in [-0.39, 0.29) is 11.9 Å². The molecule has 2 atom stereocenters. The Morgan fingerprint density at radius 3 is 2.71 bits per heavy atom. The van der Waals surface area contributed by atoms with Crippen molar-refractivity contribution in [1.29, 1.82) is 0 Å². The molecule has 0 aliphatic heterocycles. The van der Waals surface area contributed by atoms with Gasteiger partial charge in [-0.1, -0.05) is 30.7 Å². The number of hydrogen-bond donors (Lipinski definition) is 2. The lowest BCUT2D eigenvalue weighted by Crippen LogP contribution is -2.45. The molecule has 1 aromatic carbocycles. The highest BCUT2D eigenvalue weighted by Gasteiger charge is 2.25. The summed E-state index contributed by atoms with van der Waals surface area (Å²) < 4.78 is 0. The van der Waals surface area contributed by atoms with E-state index < -0.39 is 6.10 Å². The van der Waals surface area contributed by atoms with E-state index in [9.17, 15) is 9.90 Å². The van der Waals surface area contributed by atoms with Crippen molar-refractivity contribution in [2.24, 2.45) is 0 Å². The van der Waals surface area contributed by atoms with Crippen LogP contribution in [-0.2, 0) is 0 Å². The first-order valence-corrected chi connectivity index (χ1v) is 10.2. The van der Waals surface area contributed by atoms with Crippen molar-refractivity contribution in [2.75, 3.05) is 0 Å². The van der Waals surface area contributed by atoms with Gasteiger partial charge in [0.2, 0.25) is 0 Å². The number of rotatable bonds is 3. The molecule has 0 radical (unpaired) electrons. The van der Waals surface area contributed by atoms with E-state index in [1.165, 1.54) is 18.4 Å². The van der Waals surface area contributed by atoms with Crippen molar-refractivity contribution in [2.45, 2.75) is 63.5 Å². The average molecular weight is 374 g/mol. The van der Waals surface area contributed by atoms with Crippen molar-refractivity contribution in [3.63, 3.8) is 0 Å². The number of pyridine rings is 1. The molecule has 1 amide bonds. The molecule has 2 saturated carbocycles. The maximum absolute atomic E-state index is 12.6. The third kappa shape index (κ3) is 4.43. The van der Waals surface area contributed by atoms with Gasteiger partial charge in [-0.2, -0.15) is 0 Å². The van der Waals surface area contributed by atoms with Crippen LogP contribution in [0.2, 0.25) is 0 Å². The van der Waals surface area contributed by atoms with E-state index >= 15 is 0 Å². The zero-order chi connectivity index (χ0) is 19.5. The molecule has 144 valence electrons. The lowest BCUT2D eigenvalue weighted by Gasteiger charge is -2.28.